The molecule has 0 bridgehead atoms. The monoisotopic (exact) mass is 348 g/mol. The molecule has 0 aliphatic carbocycles. The summed E-state index contributed by atoms with van der Waals surface area (Å²) in [5, 5.41) is 3.17. The van der Waals surface area contributed by atoms with E-state index >= 15 is 0 Å². The Morgan fingerprint density at radius 1 is 1.12 bits per heavy atom. The first kappa shape index (κ1) is 17.6. The maximum atomic E-state index is 12.2. The predicted octanol–water partition coefficient (Wildman–Crippen LogP) is 2.86. The maximum absolute atomic E-state index is 12.2. The number of hydrogen-bond donors (Lipinski definition) is 2. The van der Waals surface area contributed by atoms with Crippen LogP contribution < -0.4 is 20.5 Å². The van der Waals surface area contributed by atoms with Gasteiger partial charge in [-0.05, 0) is 49.4 Å². The largest absolute Gasteiger partial charge is 0.492 e. The molecule has 2 aromatic carbocycles. The zero-order valence-corrected chi connectivity index (χ0v) is 13.8. The van der Waals surface area contributed by atoms with Crippen molar-refractivity contribution >= 4 is 29.1 Å². The Kier molecular flexibility index (Phi) is 6.03. The predicted molar refractivity (Wildman–Crippen MR) is 91.7 cm³/mol. The van der Waals surface area contributed by atoms with Crippen molar-refractivity contribution < 1.29 is 19.1 Å². The topological polar surface area (TPSA) is 90.7 Å². The molecule has 126 valence electrons. The highest BCUT2D eigenvalue weighted by atomic mass is 35.5. The summed E-state index contributed by atoms with van der Waals surface area (Å²) in [7, 11) is 0. The second-order valence-corrected chi connectivity index (χ2v) is 5.22. The molecule has 0 saturated carbocycles. The maximum Gasteiger partial charge on any atom is 0.255 e. The summed E-state index contributed by atoms with van der Waals surface area (Å²) < 4.78 is 10.5. The van der Waals surface area contributed by atoms with Gasteiger partial charge in [0.1, 0.15) is 11.5 Å². The van der Waals surface area contributed by atoms with Crippen LogP contribution in [0.5, 0.6) is 11.5 Å². The van der Waals surface area contributed by atoms with E-state index in [1.165, 1.54) is 0 Å². The molecule has 0 aliphatic heterocycles. The Morgan fingerprint density at radius 3 is 2.42 bits per heavy atom. The van der Waals surface area contributed by atoms with E-state index in [1.54, 1.807) is 42.5 Å². The first-order valence-corrected chi connectivity index (χ1v) is 7.62. The molecule has 0 fully saturated rings. The summed E-state index contributed by atoms with van der Waals surface area (Å²) >= 11 is 6.09. The molecule has 0 aliphatic rings. The van der Waals surface area contributed by atoms with Gasteiger partial charge < -0.3 is 20.5 Å². The van der Waals surface area contributed by atoms with Crippen LogP contribution in [0, 0.1) is 0 Å². The zero-order valence-electron chi connectivity index (χ0n) is 13.0. The number of hydrogen-bond acceptors (Lipinski definition) is 4. The molecule has 0 saturated heterocycles. The van der Waals surface area contributed by atoms with E-state index in [1.807, 2.05) is 6.92 Å². The van der Waals surface area contributed by atoms with Crippen LogP contribution in [0.1, 0.15) is 17.3 Å². The van der Waals surface area contributed by atoms with Gasteiger partial charge in [0.15, 0.2) is 6.61 Å². The molecule has 7 heteroatoms. The second kappa shape index (κ2) is 8.21. The Hall–Kier alpha value is -2.73. The van der Waals surface area contributed by atoms with Crippen LogP contribution >= 0.6 is 11.6 Å². The first-order chi connectivity index (χ1) is 11.5. The van der Waals surface area contributed by atoms with Crippen molar-refractivity contribution in [3.8, 4) is 11.5 Å². The molecule has 6 nitrogen and oxygen atoms in total. The molecular formula is C17H17ClN2O4. The molecule has 0 unspecified atom stereocenters. The van der Waals surface area contributed by atoms with E-state index in [0.717, 1.165) is 0 Å². The van der Waals surface area contributed by atoms with E-state index in [-0.39, 0.29) is 12.5 Å². The van der Waals surface area contributed by atoms with Gasteiger partial charge in [0.25, 0.3) is 11.8 Å². The normalized spacial score (nSPS) is 10.1. The molecule has 0 heterocycles. The zero-order chi connectivity index (χ0) is 17.5. The van der Waals surface area contributed by atoms with Gasteiger partial charge in [-0.1, -0.05) is 11.6 Å². The number of rotatable bonds is 7. The number of anilines is 1. The molecule has 0 radical (unpaired) electrons. The fourth-order valence-electron chi connectivity index (χ4n) is 1.91. The van der Waals surface area contributed by atoms with E-state index in [9.17, 15) is 9.59 Å². The molecule has 2 amide bonds. The van der Waals surface area contributed by atoms with E-state index in [2.05, 4.69) is 5.32 Å². The van der Waals surface area contributed by atoms with Crippen molar-refractivity contribution in [2.24, 2.45) is 5.73 Å². The number of carbonyl (C=O) groups excluding carboxylic acids is 2. The van der Waals surface area contributed by atoms with Crippen molar-refractivity contribution in [2.45, 2.75) is 6.92 Å². The van der Waals surface area contributed by atoms with Crippen LogP contribution in [0.15, 0.2) is 42.5 Å². The third-order valence-corrected chi connectivity index (χ3v) is 3.28. The summed E-state index contributed by atoms with van der Waals surface area (Å²) in [5.74, 6) is 0.156. The quantitative estimate of drug-likeness (QED) is 0.805. The minimum Gasteiger partial charge on any atom is -0.492 e. The lowest BCUT2D eigenvalue weighted by Gasteiger charge is -2.09. The summed E-state index contributed by atoms with van der Waals surface area (Å²) in [6.07, 6.45) is 0. The summed E-state index contributed by atoms with van der Waals surface area (Å²) in [5.41, 5.74) is 5.99. The number of carbonyl (C=O) groups is 2. The number of ether oxygens (including phenoxy) is 2. The number of benzene rings is 2. The highest BCUT2D eigenvalue weighted by molar-refractivity contribution is 6.32. The van der Waals surface area contributed by atoms with Crippen LogP contribution in [0.2, 0.25) is 5.02 Å². The van der Waals surface area contributed by atoms with Crippen LogP contribution in [0.3, 0.4) is 0 Å². The third kappa shape index (κ3) is 4.89. The Bertz CT molecular complexity index is 732. The molecule has 2 aromatic rings. The number of halogens is 1. The van der Waals surface area contributed by atoms with Gasteiger partial charge in [-0.3, -0.25) is 9.59 Å². The first-order valence-electron chi connectivity index (χ1n) is 7.24. The van der Waals surface area contributed by atoms with Crippen molar-refractivity contribution in [2.75, 3.05) is 18.5 Å². The van der Waals surface area contributed by atoms with E-state index in [0.29, 0.717) is 34.4 Å². The molecule has 24 heavy (non-hydrogen) atoms. The van der Waals surface area contributed by atoms with Crippen LogP contribution in [-0.2, 0) is 4.79 Å². The summed E-state index contributed by atoms with van der Waals surface area (Å²) in [4.78, 5) is 22.9. The van der Waals surface area contributed by atoms with Gasteiger partial charge >= 0.3 is 0 Å². The highest BCUT2D eigenvalue weighted by Crippen LogP contribution is 2.28. The van der Waals surface area contributed by atoms with Crippen LogP contribution in [-0.4, -0.2) is 25.0 Å². The lowest BCUT2D eigenvalue weighted by atomic mass is 10.2. The van der Waals surface area contributed by atoms with E-state index < -0.39 is 5.91 Å². The van der Waals surface area contributed by atoms with Gasteiger partial charge in [-0.25, -0.2) is 0 Å². The van der Waals surface area contributed by atoms with Gasteiger partial charge in [-0.2, -0.15) is 0 Å². The SMILES string of the molecule is CCOc1ccc(NC(=O)c2ccc(OCC(N)=O)cc2)cc1Cl. The van der Waals surface area contributed by atoms with Crippen molar-refractivity contribution in [3.63, 3.8) is 0 Å². The molecule has 3 N–H and O–H groups in total. The standard InChI is InChI=1S/C17H17ClN2O4/c1-2-23-15-8-5-12(9-14(15)18)20-17(22)11-3-6-13(7-4-11)24-10-16(19)21/h3-9H,2,10H2,1H3,(H2,19,21)(H,20,22). The minimum absolute atomic E-state index is 0.212. The Morgan fingerprint density at radius 2 is 1.83 bits per heavy atom. The summed E-state index contributed by atoms with van der Waals surface area (Å²) in [6.45, 7) is 2.16. The fraction of sp³-hybridized carbons (Fsp3) is 0.176. The number of amides is 2. The van der Waals surface area contributed by atoms with Crippen LogP contribution in [0.4, 0.5) is 5.69 Å². The Balaban J connectivity index is 2.01. The number of nitrogens with two attached hydrogens (primary N) is 1. The van der Waals surface area contributed by atoms with Gasteiger partial charge in [0.2, 0.25) is 0 Å². The lowest BCUT2D eigenvalue weighted by Crippen LogP contribution is -2.20. The van der Waals surface area contributed by atoms with Gasteiger partial charge in [0, 0.05) is 11.3 Å². The van der Waals surface area contributed by atoms with Gasteiger partial charge in [-0.15, -0.1) is 0 Å². The van der Waals surface area contributed by atoms with Crippen molar-refractivity contribution in [1.29, 1.82) is 0 Å². The third-order valence-electron chi connectivity index (χ3n) is 2.99. The van der Waals surface area contributed by atoms with Crippen molar-refractivity contribution in [1.82, 2.24) is 0 Å². The average Bonchev–Trinajstić information content (AvgIpc) is 2.56. The van der Waals surface area contributed by atoms with Gasteiger partial charge in [0.05, 0.1) is 11.6 Å². The molecule has 0 atom stereocenters. The molecule has 0 aromatic heterocycles. The fourth-order valence-corrected chi connectivity index (χ4v) is 2.15. The molecule has 2 rings (SSSR count). The average molecular weight is 349 g/mol. The number of nitrogens with one attached hydrogen (secondary N) is 1. The second-order valence-electron chi connectivity index (χ2n) is 4.81. The minimum atomic E-state index is -0.566. The molecular weight excluding hydrogens is 332 g/mol. The smallest absolute Gasteiger partial charge is 0.255 e. The highest BCUT2D eigenvalue weighted by Gasteiger charge is 2.09. The van der Waals surface area contributed by atoms with Crippen LogP contribution in [0.25, 0.3) is 0 Å². The number of primary amides is 1. The lowest BCUT2D eigenvalue weighted by molar-refractivity contribution is -0.119. The molecule has 0 spiro atoms. The van der Waals surface area contributed by atoms with E-state index in [4.69, 9.17) is 26.8 Å². The summed E-state index contributed by atoms with van der Waals surface area (Å²) in [6, 6.07) is 11.4. The van der Waals surface area contributed by atoms with Crippen molar-refractivity contribution in [3.05, 3.63) is 53.1 Å². The Labute approximate surface area is 144 Å².